The van der Waals surface area contributed by atoms with Crippen molar-refractivity contribution in [3.05, 3.63) is 64.6 Å². The van der Waals surface area contributed by atoms with Gasteiger partial charge >= 0.3 is 0 Å². The molecule has 0 spiro atoms. The van der Waals surface area contributed by atoms with Crippen LogP contribution < -0.4 is 4.74 Å². The highest BCUT2D eigenvalue weighted by molar-refractivity contribution is 8.40. The van der Waals surface area contributed by atoms with E-state index in [9.17, 15) is 4.79 Å². The first-order valence-electron chi connectivity index (χ1n) is 8.00. The lowest BCUT2D eigenvalue weighted by atomic mass is 10.0. The number of amides is 1. The first kappa shape index (κ1) is 17.8. The minimum atomic E-state index is -0.166. The molecule has 0 radical (unpaired) electrons. The largest absolute Gasteiger partial charge is 0.457 e. The molecule has 1 heterocycles. The normalized spacial score (nSPS) is 15.8. The summed E-state index contributed by atoms with van der Waals surface area (Å²) in [5.41, 5.74) is 2.14. The monoisotopic (exact) mass is 369 g/mol. The SMILES string of the molecule is CSC1=NC(=O)C(=Cc2ccc(Oc3ccccc3C(C)C)cc2)S1. The van der Waals surface area contributed by atoms with Gasteiger partial charge in [-0.15, -0.1) is 11.8 Å². The van der Waals surface area contributed by atoms with Crippen LogP contribution in [-0.2, 0) is 4.79 Å². The van der Waals surface area contributed by atoms with E-state index in [1.165, 1.54) is 29.1 Å². The number of nitrogens with zero attached hydrogens (tertiary/aromatic N) is 1. The van der Waals surface area contributed by atoms with Crippen LogP contribution in [0.15, 0.2) is 58.4 Å². The number of ether oxygens (including phenoxy) is 1. The standard InChI is InChI=1S/C20H19NO2S2/c1-13(2)16-6-4-5-7-17(16)23-15-10-8-14(9-11-15)12-18-19(22)21-20(24-3)25-18/h4-13H,1-3H3. The van der Waals surface area contributed by atoms with E-state index in [1.54, 1.807) is 0 Å². The van der Waals surface area contributed by atoms with Crippen molar-refractivity contribution in [2.24, 2.45) is 4.99 Å². The van der Waals surface area contributed by atoms with Crippen LogP contribution in [0, 0.1) is 0 Å². The molecule has 1 amide bonds. The van der Waals surface area contributed by atoms with Crippen LogP contribution in [0.4, 0.5) is 0 Å². The van der Waals surface area contributed by atoms with Crippen molar-refractivity contribution in [3.8, 4) is 11.5 Å². The number of carbonyl (C=O) groups excluding carboxylic acids is 1. The topological polar surface area (TPSA) is 38.7 Å². The van der Waals surface area contributed by atoms with Crippen molar-refractivity contribution >= 4 is 39.9 Å². The number of hydrogen-bond donors (Lipinski definition) is 0. The second-order valence-electron chi connectivity index (χ2n) is 5.86. The Labute approximate surface area is 156 Å². The Balaban J connectivity index is 1.75. The van der Waals surface area contributed by atoms with E-state index in [0.29, 0.717) is 10.8 Å². The molecule has 3 nitrogen and oxygen atoms in total. The van der Waals surface area contributed by atoms with Gasteiger partial charge in [0.25, 0.3) is 5.91 Å². The van der Waals surface area contributed by atoms with Gasteiger partial charge in [-0.25, -0.2) is 0 Å². The quantitative estimate of drug-likeness (QED) is 0.626. The molecule has 25 heavy (non-hydrogen) atoms. The lowest BCUT2D eigenvalue weighted by molar-refractivity contribution is -0.113. The van der Waals surface area contributed by atoms with Gasteiger partial charge in [0, 0.05) is 0 Å². The predicted molar refractivity (Wildman–Crippen MR) is 109 cm³/mol. The molecule has 1 aliphatic rings. The molecule has 0 atom stereocenters. The van der Waals surface area contributed by atoms with Crippen molar-refractivity contribution in [1.82, 2.24) is 0 Å². The van der Waals surface area contributed by atoms with Crippen molar-refractivity contribution in [2.45, 2.75) is 19.8 Å². The average Bonchev–Trinajstić information content (AvgIpc) is 2.97. The van der Waals surface area contributed by atoms with Gasteiger partial charge in [0.05, 0.1) is 4.91 Å². The summed E-state index contributed by atoms with van der Waals surface area (Å²) in [7, 11) is 0. The number of carbonyl (C=O) groups is 1. The van der Waals surface area contributed by atoms with Gasteiger partial charge in [0.2, 0.25) is 0 Å². The van der Waals surface area contributed by atoms with Gasteiger partial charge in [-0.1, -0.05) is 55.9 Å². The average molecular weight is 370 g/mol. The Hall–Kier alpha value is -1.98. The summed E-state index contributed by atoms with van der Waals surface area (Å²) >= 11 is 2.91. The number of benzene rings is 2. The van der Waals surface area contributed by atoms with Crippen molar-refractivity contribution < 1.29 is 9.53 Å². The predicted octanol–water partition coefficient (Wildman–Crippen LogP) is 5.94. The van der Waals surface area contributed by atoms with Gasteiger partial charge in [0.1, 0.15) is 15.9 Å². The van der Waals surface area contributed by atoms with Crippen molar-refractivity contribution in [3.63, 3.8) is 0 Å². The molecule has 0 aliphatic carbocycles. The van der Waals surface area contributed by atoms with Gasteiger partial charge < -0.3 is 4.74 Å². The highest BCUT2D eigenvalue weighted by atomic mass is 32.2. The summed E-state index contributed by atoms with van der Waals surface area (Å²) in [6.45, 7) is 4.30. The van der Waals surface area contributed by atoms with Crippen LogP contribution in [0.5, 0.6) is 11.5 Å². The molecule has 2 aromatic carbocycles. The zero-order valence-corrected chi connectivity index (χ0v) is 16.0. The number of aliphatic imine (C=N–C) groups is 1. The van der Waals surface area contributed by atoms with Crippen LogP contribution in [-0.4, -0.2) is 16.5 Å². The molecule has 0 bridgehead atoms. The molecule has 2 aromatic rings. The van der Waals surface area contributed by atoms with E-state index in [2.05, 4.69) is 24.9 Å². The molecule has 0 saturated heterocycles. The van der Waals surface area contributed by atoms with Crippen LogP contribution in [0.2, 0.25) is 0 Å². The Bertz CT molecular complexity index is 839. The third-order valence-electron chi connectivity index (χ3n) is 3.72. The third kappa shape index (κ3) is 4.35. The Morgan fingerprint density at radius 2 is 1.84 bits per heavy atom. The minimum absolute atomic E-state index is 0.166. The van der Waals surface area contributed by atoms with Gasteiger partial charge in [-0.05, 0) is 47.6 Å². The summed E-state index contributed by atoms with van der Waals surface area (Å²) in [6, 6.07) is 15.8. The van der Waals surface area contributed by atoms with Gasteiger partial charge in [-0.3, -0.25) is 4.79 Å². The molecular weight excluding hydrogens is 350 g/mol. The molecule has 0 unspecified atom stereocenters. The van der Waals surface area contributed by atoms with E-state index >= 15 is 0 Å². The summed E-state index contributed by atoms with van der Waals surface area (Å²) in [5.74, 6) is 1.89. The Morgan fingerprint density at radius 3 is 2.48 bits per heavy atom. The number of thioether (sulfide) groups is 2. The molecule has 0 fully saturated rings. The van der Waals surface area contributed by atoms with Crippen LogP contribution in [0.3, 0.4) is 0 Å². The van der Waals surface area contributed by atoms with Crippen LogP contribution >= 0.6 is 23.5 Å². The third-order valence-corrected chi connectivity index (χ3v) is 5.69. The zero-order valence-electron chi connectivity index (χ0n) is 14.4. The summed E-state index contributed by atoms with van der Waals surface area (Å²) in [5, 5.41) is 0. The summed E-state index contributed by atoms with van der Waals surface area (Å²) in [6.07, 6.45) is 3.79. The molecule has 0 saturated carbocycles. The second kappa shape index (κ2) is 7.93. The summed E-state index contributed by atoms with van der Waals surface area (Å²) in [4.78, 5) is 16.5. The Morgan fingerprint density at radius 1 is 1.12 bits per heavy atom. The van der Waals surface area contributed by atoms with Crippen molar-refractivity contribution in [2.75, 3.05) is 6.26 Å². The first-order chi connectivity index (χ1) is 12.1. The zero-order chi connectivity index (χ0) is 17.8. The summed E-state index contributed by atoms with van der Waals surface area (Å²) < 4.78 is 6.83. The number of para-hydroxylation sites is 1. The highest BCUT2D eigenvalue weighted by Gasteiger charge is 2.20. The maximum absolute atomic E-state index is 11.8. The maximum Gasteiger partial charge on any atom is 0.285 e. The molecule has 5 heteroatoms. The van der Waals surface area contributed by atoms with E-state index < -0.39 is 0 Å². The highest BCUT2D eigenvalue weighted by Crippen LogP contribution is 2.33. The maximum atomic E-state index is 11.8. The molecule has 0 N–H and O–H groups in total. The van der Waals surface area contributed by atoms with Crippen molar-refractivity contribution in [1.29, 1.82) is 0 Å². The lowest BCUT2D eigenvalue weighted by Crippen LogP contribution is -1.93. The fourth-order valence-corrected chi connectivity index (χ4v) is 3.86. The van der Waals surface area contributed by atoms with E-state index in [1.807, 2.05) is 54.8 Å². The van der Waals surface area contributed by atoms with Crippen LogP contribution in [0.25, 0.3) is 6.08 Å². The second-order valence-corrected chi connectivity index (χ2v) is 7.95. The number of hydrogen-bond acceptors (Lipinski definition) is 4. The smallest absolute Gasteiger partial charge is 0.285 e. The van der Waals surface area contributed by atoms with E-state index in [-0.39, 0.29) is 5.91 Å². The fraction of sp³-hybridized carbons (Fsp3) is 0.200. The minimum Gasteiger partial charge on any atom is -0.457 e. The molecule has 3 rings (SSSR count). The molecule has 0 aromatic heterocycles. The first-order valence-corrected chi connectivity index (χ1v) is 10.0. The van der Waals surface area contributed by atoms with E-state index in [0.717, 1.165) is 21.4 Å². The molecular formula is C20H19NO2S2. The van der Waals surface area contributed by atoms with Gasteiger partial charge in [0.15, 0.2) is 0 Å². The molecule has 1 aliphatic heterocycles. The number of rotatable bonds is 4. The molecule has 128 valence electrons. The van der Waals surface area contributed by atoms with Crippen LogP contribution in [0.1, 0.15) is 30.9 Å². The van der Waals surface area contributed by atoms with Gasteiger partial charge in [-0.2, -0.15) is 4.99 Å². The fourth-order valence-electron chi connectivity index (χ4n) is 2.44. The lowest BCUT2D eigenvalue weighted by Gasteiger charge is -2.13. The van der Waals surface area contributed by atoms with E-state index in [4.69, 9.17) is 4.74 Å². The Kier molecular flexibility index (Phi) is 5.66.